The van der Waals surface area contributed by atoms with Crippen LogP contribution in [0.25, 0.3) is 0 Å². The molecule has 0 fully saturated rings. The Morgan fingerprint density at radius 1 is 0.962 bits per heavy atom. The molecule has 1 atom stereocenters. The van der Waals surface area contributed by atoms with Gasteiger partial charge in [0.25, 0.3) is 5.91 Å². The second kappa shape index (κ2) is 6.42. The lowest BCUT2D eigenvalue weighted by molar-refractivity contribution is 0.0993. The number of rotatable bonds is 3. The van der Waals surface area contributed by atoms with Gasteiger partial charge in [0.2, 0.25) is 0 Å². The zero-order valence-electron chi connectivity index (χ0n) is 13.4. The van der Waals surface area contributed by atoms with Gasteiger partial charge >= 0.3 is 0 Å². The van der Waals surface area contributed by atoms with E-state index in [1.807, 2.05) is 12.1 Å². The Balaban J connectivity index is 1.79. The highest BCUT2D eigenvalue weighted by molar-refractivity contribution is 6.30. The predicted octanol–water partition coefficient (Wildman–Crippen LogP) is 5.39. The first-order valence-electron chi connectivity index (χ1n) is 7.94. The van der Waals surface area contributed by atoms with Crippen molar-refractivity contribution in [2.75, 3.05) is 10.2 Å². The topological polar surface area (TPSA) is 32.3 Å². The Labute approximate surface area is 153 Å². The molecular weight excluding hydrogens is 358 g/mol. The monoisotopic (exact) mass is 370 g/mol. The number of nitrogens with zero attached hydrogens (tertiary/aromatic N) is 1. The molecule has 1 heterocycles. The molecule has 130 valence electrons. The van der Waals surface area contributed by atoms with Crippen LogP contribution in [0.4, 0.5) is 20.2 Å². The van der Waals surface area contributed by atoms with Crippen molar-refractivity contribution in [3.63, 3.8) is 0 Å². The van der Waals surface area contributed by atoms with Gasteiger partial charge in [-0.3, -0.25) is 9.69 Å². The summed E-state index contributed by atoms with van der Waals surface area (Å²) in [5.74, 6) is -1.59. The van der Waals surface area contributed by atoms with Gasteiger partial charge < -0.3 is 5.32 Å². The van der Waals surface area contributed by atoms with Gasteiger partial charge in [-0.1, -0.05) is 29.8 Å². The van der Waals surface area contributed by atoms with Crippen molar-refractivity contribution in [1.82, 2.24) is 0 Å². The molecule has 3 nitrogen and oxygen atoms in total. The molecule has 1 N–H and O–H groups in total. The number of anilines is 2. The van der Waals surface area contributed by atoms with Crippen molar-refractivity contribution in [2.45, 2.75) is 6.17 Å². The Kier molecular flexibility index (Phi) is 4.09. The van der Waals surface area contributed by atoms with Crippen LogP contribution in [-0.4, -0.2) is 5.91 Å². The van der Waals surface area contributed by atoms with Gasteiger partial charge in [0, 0.05) is 27.9 Å². The van der Waals surface area contributed by atoms with Crippen molar-refractivity contribution < 1.29 is 13.6 Å². The number of benzene rings is 3. The van der Waals surface area contributed by atoms with Gasteiger partial charge in [-0.15, -0.1) is 0 Å². The summed E-state index contributed by atoms with van der Waals surface area (Å²) < 4.78 is 27.3. The van der Waals surface area contributed by atoms with E-state index in [0.29, 0.717) is 16.3 Å². The predicted molar refractivity (Wildman–Crippen MR) is 97.4 cm³/mol. The van der Waals surface area contributed by atoms with Crippen molar-refractivity contribution >= 4 is 28.9 Å². The molecule has 1 aliphatic rings. The van der Waals surface area contributed by atoms with E-state index in [1.54, 1.807) is 36.4 Å². The highest BCUT2D eigenvalue weighted by Crippen LogP contribution is 2.38. The van der Waals surface area contributed by atoms with Crippen LogP contribution in [0.2, 0.25) is 5.02 Å². The lowest BCUT2D eigenvalue weighted by Gasteiger charge is -2.27. The van der Waals surface area contributed by atoms with Crippen LogP contribution in [0.1, 0.15) is 22.1 Å². The Morgan fingerprint density at radius 2 is 1.69 bits per heavy atom. The van der Waals surface area contributed by atoms with Crippen LogP contribution in [0.3, 0.4) is 0 Å². The average Bonchev–Trinajstić information content (AvgIpc) is 2.91. The quantitative estimate of drug-likeness (QED) is 0.670. The third kappa shape index (κ3) is 2.80. The average molecular weight is 371 g/mol. The summed E-state index contributed by atoms with van der Waals surface area (Å²) >= 11 is 5.94. The molecule has 0 saturated heterocycles. The Hall–Kier alpha value is -2.92. The number of fused-ring (bicyclic) bond motifs is 1. The molecule has 3 aromatic carbocycles. The zero-order chi connectivity index (χ0) is 18.3. The van der Waals surface area contributed by atoms with E-state index >= 15 is 0 Å². The standard InChI is InChI=1S/C20H13ClF2N2O/c21-12-5-8-14(9-6-12)25-19(15-3-1-2-4-16(15)20(25)26)24-18-10-7-13(22)11-17(18)23/h1-11,19,24H/t19-/m0/s1. The number of halogens is 3. The van der Waals surface area contributed by atoms with E-state index in [9.17, 15) is 13.6 Å². The first-order valence-corrected chi connectivity index (χ1v) is 8.32. The summed E-state index contributed by atoms with van der Waals surface area (Å²) in [6.45, 7) is 0. The van der Waals surface area contributed by atoms with Gasteiger partial charge in [-0.05, 0) is 42.5 Å². The highest BCUT2D eigenvalue weighted by Gasteiger charge is 2.37. The van der Waals surface area contributed by atoms with Crippen LogP contribution < -0.4 is 10.2 Å². The third-order valence-corrected chi connectivity index (χ3v) is 4.54. The van der Waals surface area contributed by atoms with E-state index in [4.69, 9.17) is 11.6 Å². The summed E-state index contributed by atoms with van der Waals surface area (Å²) in [6, 6.07) is 17.2. The minimum absolute atomic E-state index is 0.111. The number of hydrogen-bond acceptors (Lipinski definition) is 2. The van der Waals surface area contributed by atoms with Crippen LogP contribution in [0.15, 0.2) is 66.7 Å². The van der Waals surface area contributed by atoms with Crippen molar-refractivity contribution in [3.8, 4) is 0 Å². The largest absolute Gasteiger partial charge is 0.359 e. The van der Waals surface area contributed by atoms with E-state index in [2.05, 4.69) is 5.32 Å². The van der Waals surface area contributed by atoms with Gasteiger partial charge in [0.1, 0.15) is 17.8 Å². The maximum absolute atomic E-state index is 14.1. The third-order valence-electron chi connectivity index (χ3n) is 4.29. The molecule has 3 aromatic rings. The smallest absolute Gasteiger partial charge is 0.260 e. The minimum Gasteiger partial charge on any atom is -0.359 e. The summed E-state index contributed by atoms with van der Waals surface area (Å²) in [7, 11) is 0. The molecular formula is C20H13ClF2N2O. The van der Waals surface area contributed by atoms with Gasteiger partial charge in [-0.25, -0.2) is 8.78 Å². The van der Waals surface area contributed by atoms with Crippen molar-refractivity contribution in [2.24, 2.45) is 0 Å². The van der Waals surface area contributed by atoms with Crippen LogP contribution in [0.5, 0.6) is 0 Å². The number of carbonyl (C=O) groups excluding carboxylic acids is 1. The lowest BCUT2D eigenvalue weighted by atomic mass is 10.1. The van der Waals surface area contributed by atoms with Crippen LogP contribution in [0, 0.1) is 11.6 Å². The summed E-state index contributed by atoms with van der Waals surface area (Å²) in [5.41, 5.74) is 1.98. The number of carbonyl (C=O) groups is 1. The van der Waals surface area contributed by atoms with E-state index < -0.39 is 17.8 Å². The molecule has 0 aliphatic carbocycles. The van der Waals surface area contributed by atoms with Gasteiger partial charge in [0.05, 0.1) is 5.69 Å². The van der Waals surface area contributed by atoms with Gasteiger partial charge in [-0.2, -0.15) is 0 Å². The van der Waals surface area contributed by atoms with Crippen LogP contribution >= 0.6 is 11.6 Å². The molecule has 0 saturated carbocycles. The van der Waals surface area contributed by atoms with E-state index in [-0.39, 0.29) is 11.6 Å². The zero-order valence-corrected chi connectivity index (χ0v) is 14.2. The van der Waals surface area contributed by atoms with Crippen molar-refractivity contribution in [3.05, 3.63) is 94.5 Å². The molecule has 1 amide bonds. The second-order valence-corrected chi connectivity index (χ2v) is 6.35. The molecule has 0 aromatic heterocycles. The number of nitrogens with one attached hydrogen (secondary N) is 1. The molecule has 4 rings (SSSR count). The lowest BCUT2D eigenvalue weighted by Crippen LogP contribution is -2.32. The second-order valence-electron chi connectivity index (χ2n) is 5.91. The SMILES string of the molecule is O=C1c2ccccc2[C@@H](Nc2ccc(F)cc2F)N1c1ccc(Cl)cc1. The number of amides is 1. The highest BCUT2D eigenvalue weighted by atomic mass is 35.5. The fourth-order valence-electron chi connectivity index (χ4n) is 3.08. The fourth-order valence-corrected chi connectivity index (χ4v) is 3.21. The Morgan fingerprint density at radius 3 is 2.42 bits per heavy atom. The van der Waals surface area contributed by atoms with Crippen molar-refractivity contribution in [1.29, 1.82) is 0 Å². The van der Waals surface area contributed by atoms with E-state index in [1.165, 1.54) is 17.0 Å². The molecule has 0 radical (unpaired) electrons. The normalized spacial score (nSPS) is 15.9. The molecule has 26 heavy (non-hydrogen) atoms. The van der Waals surface area contributed by atoms with E-state index in [0.717, 1.165) is 11.6 Å². The summed E-state index contributed by atoms with van der Waals surface area (Å²) in [6.07, 6.45) is -0.625. The maximum atomic E-state index is 14.1. The first-order chi connectivity index (χ1) is 12.5. The minimum atomic E-state index is -0.724. The molecule has 0 bridgehead atoms. The Bertz CT molecular complexity index is 991. The molecule has 0 unspecified atom stereocenters. The summed E-state index contributed by atoms with van der Waals surface area (Å²) in [5, 5.41) is 3.56. The fraction of sp³-hybridized carbons (Fsp3) is 0.0500. The number of hydrogen-bond donors (Lipinski definition) is 1. The van der Waals surface area contributed by atoms with Crippen LogP contribution in [-0.2, 0) is 0 Å². The maximum Gasteiger partial charge on any atom is 0.260 e. The summed E-state index contributed by atoms with van der Waals surface area (Å²) in [4.78, 5) is 14.5. The molecule has 6 heteroatoms. The first kappa shape index (κ1) is 16.5. The molecule has 0 spiro atoms. The van der Waals surface area contributed by atoms with Gasteiger partial charge in [0.15, 0.2) is 0 Å². The molecule has 1 aliphatic heterocycles.